The van der Waals surface area contributed by atoms with E-state index in [1.165, 1.54) is 0 Å². The van der Waals surface area contributed by atoms with Gasteiger partial charge in [-0.25, -0.2) is 0 Å². The molecule has 0 aromatic rings. The van der Waals surface area contributed by atoms with Crippen LogP contribution in [0.3, 0.4) is 0 Å². The molecule has 1 heterocycles. The van der Waals surface area contributed by atoms with Crippen LogP contribution < -0.4 is 0 Å². The first kappa shape index (κ1) is 6.41. The van der Waals surface area contributed by atoms with Gasteiger partial charge in [0.25, 0.3) is 0 Å². The Hall–Kier alpha value is 0.415. The molecule has 0 aromatic carbocycles. The second kappa shape index (κ2) is 3.60. The van der Waals surface area contributed by atoms with Gasteiger partial charge in [0.2, 0.25) is 0 Å². The molecule has 33 valence electrons. The zero-order valence-electron chi connectivity index (χ0n) is 3.31. The molecule has 1 aliphatic rings. The molecule has 0 saturated carbocycles. The first-order chi connectivity index (χ1) is 2.50. The lowest BCUT2D eigenvalue weighted by molar-refractivity contribution is 0.365. The zero-order chi connectivity index (χ0) is 3.54. The summed E-state index contributed by atoms with van der Waals surface area (Å²) in [6.07, 6.45) is 0. The summed E-state index contributed by atoms with van der Waals surface area (Å²) in [7, 11) is 0.309. The van der Waals surface area contributed by atoms with Crippen molar-refractivity contribution in [2.24, 2.45) is 0 Å². The minimum absolute atomic E-state index is 0. The van der Waals surface area contributed by atoms with Crippen LogP contribution in [-0.2, 0) is 9.05 Å². The second-order valence-electron chi connectivity index (χ2n) is 0.780. The van der Waals surface area contributed by atoms with Crippen molar-refractivity contribution in [3.63, 3.8) is 0 Å². The predicted molar refractivity (Wildman–Crippen MR) is 26.0 cm³/mol. The number of hydrogen-bond donors (Lipinski definition) is 0. The van der Waals surface area contributed by atoms with E-state index in [0.717, 1.165) is 13.2 Å². The largest absolute Gasteiger partial charge is 0.334 e. The fraction of sp³-hybridized carbons (Fsp3) is 1.00. The van der Waals surface area contributed by atoms with E-state index in [1.807, 2.05) is 0 Å². The molecule has 0 amide bonds. The van der Waals surface area contributed by atoms with E-state index in [4.69, 9.17) is 9.05 Å². The Morgan fingerprint density at radius 1 is 1.17 bits per heavy atom. The lowest BCUT2D eigenvalue weighted by atomic mass is 10.8. The third-order valence-corrected chi connectivity index (χ3v) is 1.05. The quantitative estimate of drug-likeness (QED) is 0.321. The summed E-state index contributed by atoms with van der Waals surface area (Å²) in [5.74, 6) is 0. The topological polar surface area (TPSA) is 18.5 Å². The SMILES string of the molecule is C1COPO1.[B]. The van der Waals surface area contributed by atoms with Crippen molar-refractivity contribution in [1.29, 1.82) is 0 Å². The van der Waals surface area contributed by atoms with Gasteiger partial charge in [0.05, 0.1) is 13.2 Å². The van der Waals surface area contributed by atoms with Crippen LogP contribution in [-0.4, -0.2) is 21.6 Å². The van der Waals surface area contributed by atoms with Gasteiger partial charge in [-0.2, -0.15) is 0 Å². The fourth-order valence-electron chi connectivity index (χ4n) is 0.208. The maximum absolute atomic E-state index is 4.75. The summed E-state index contributed by atoms with van der Waals surface area (Å²) in [5, 5.41) is 0. The average Bonchev–Trinajstić information content (AvgIpc) is 1.76. The lowest BCUT2D eigenvalue weighted by Gasteiger charge is -1.74. The average molecular weight is 103 g/mol. The van der Waals surface area contributed by atoms with Gasteiger partial charge in [0.1, 0.15) is 0 Å². The van der Waals surface area contributed by atoms with Crippen LogP contribution in [0.5, 0.6) is 0 Å². The molecule has 0 bridgehead atoms. The van der Waals surface area contributed by atoms with Crippen molar-refractivity contribution in [2.75, 3.05) is 13.2 Å². The second-order valence-corrected chi connectivity index (χ2v) is 1.52. The van der Waals surface area contributed by atoms with Gasteiger partial charge in [0.15, 0.2) is 9.03 Å². The fourth-order valence-corrected chi connectivity index (χ4v) is 0.625. The molecule has 0 aliphatic carbocycles. The number of hydrogen-bond acceptors (Lipinski definition) is 2. The van der Waals surface area contributed by atoms with Crippen molar-refractivity contribution < 1.29 is 9.05 Å². The minimum atomic E-state index is 0. The van der Waals surface area contributed by atoms with Crippen LogP contribution in [0.2, 0.25) is 0 Å². The molecule has 0 aromatic heterocycles. The standard InChI is InChI=1S/C2H5O2P.B/c1-2-4-5-3-1;/h5H,1-2H2;. The summed E-state index contributed by atoms with van der Waals surface area (Å²) >= 11 is 0. The highest BCUT2D eigenvalue weighted by Gasteiger charge is 1.94. The van der Waals surface area contributed by atoms with Crippen LogP contribution in [0.15, 0.2) is 0 Å². The molecular weight excluding hydrogens is 97.8 g/mol. The normalized spacial score (nSPS) is 20.0. The van der Waals surface area contributed by atoms with E-state index in [-0.39, 0.29) is 8.41 Å². The first-order valence-electron chi connectivity index (χ1n) is 1.49. The Morgan fingerprint density at radius 3 is 1.83 bits per heavy atom. The smallest absolute Gasteiger partial charge is 0.155 e. The van der Waals surface area contributed by atoms with Crippen molar-refractivity contribution in [3.05, 3.63) is 0 Å². The molecule has 0 atom stereocenters. The molecule has 0 spiro atoms. The molecule has 0 unspecified atom stereocenters. The maximum Gasteiger partial charge on any atom is 0.155 e. The van der Waals surface area contributed by atoms with Gasteiger partial charge in [0, 0.05) is 8.41 Å². The Balaban J connectivity index is 0.000000250. The van der Waals surface area contributed by atoms with Gasteiger partial charge in [-0.05, 0) is 0 Å². The van der Waals surface area contributed by atoms with Gasteiger partial charge in [-0.1, -0.05) is 0 Å². The minimum Gasteiger partial charge on any atom is -0.334 e. The molecule has 3 radical (unpaired) electrons. The predicted octanol–water partition coefficient (Wildman–Crippen LogP) is 0.161. The molecule has 1 saturated heterocycles. The van der Waals surface area contributed by atoms with E-state index in [0.29, 0.717) is 9.03 Å². The third kappa shape index (κ3) is 1.76. The highest BCUT2D eigenvalue weighted by atomic mass is 31.1. The van der Waals surface area contributed by atoms with Gasteiger partial charge in [-0.3, -0.25) is 0 Å². The summed E-state index contributed by atoms with van der Waals surface area (Å²) in [5.41, 5.74) is 0. The van der Waals surface area contributed by atoms with Crippen molar-refractivity contribution in [2.45, 2.75) is 0 Å². The van der Waals surface area contributed by atoms with E-state index in [9.17, 15) is 0 Å². The van der Waals surface area contributed by atoms with E-state index >= 15 is 0 Å². The van der Waals surface area contributed by atoms with Crippen molar-refractivity contribution >= 4 is 17.4 Å². The lowest BCUT2D eigenvalue weighted by Crippen LogP contribution is -1.79. The Bertz CT molecular complexity index is 23.1. The maximum atomic E-state index is 4.75. The van der Waals surface area contributed by atoms with Crippen LogP contribution in [0.1, 0.15) is 0 Å². The summed E-state index contributed by atoms with van der Waals surface area (Å²) in [6.45, 7) is 1.58. The number of rotatable bonds is 0. The van der Waals surface area contributed by atoms with Crippen LogP contribution >= 0.6 is 9.03 Å². The molecule has 1 rings (SSSR count). The van der Waals surface area contributed by atoms with Crippen LogP contribution in [0.25, 0.3) is 0 Å². The highest BCUT2D eigenvalue weighted by molar-refractivity contribution is 7.26. The van der Waals surface area contributed by atoms with Gasteiger partial charge < -0.3 is 9.05 Å². The van der Waals surface area contributed by atoms with E-state index < -0.39 is 0 Å². The molecule has 2 nitrogen and oxygen atoms in total. The molecule has 6 heavy (non-hydrogen) atoms. The molecule has 0 N–H and O–H groups in total. The van der Waals surface area contributed by atoms with E-state index in [2.05, 4.69) is 0 Å². The first-order valence-corrected chi connectivity index (χ1v) is 2.30. The summed E-state index contributed by atoms with van der Waals surface area (Å²) in [6, 6.07) is 0. The highest BCUT2D eigenvalue weighted by Crippen LogP contribution is 2.18. The molecule has 1 fully saturated rings. The zero-order valence-corrected chi connectivity index (χ0v) is 4.31. The van der Waals surface area contributed by atoms with Crippen molar-refractivity contribution in [1.82, 2.24) is 0 Å². The summed E-state index contributed by atoms with van der Waals surface area (Å²) in [4.78, 5) is 0. The monoisotopic (exact) mass is 103 g/mol. The Kier molecular flexibility index (Phi) is 3.85. The molecule has 4 heteroatoms. The van der Waals surface area contributed by atoms with Crippen LogP contribution in [0, 0.1) is 0 Å². The van der Waals surface area contributed by atoms with Gasteiger partial charge in [-0.15, -0.1) is 0 Å². The third-order valence-electron chi connectivity index (χ3n) is 0.405. The Labute approximate surface area is 40.7 Å². The Morgan fingerprint density at radius 2 is 1.67 bits per heavy atom. The van der Waals surface area contributed by atoms with Crippen LogP contribution in [0.4, 0.5) is 0 Å². The molecular formula is C2H5BO2P. The van der Waals surface area contributed by atoms with Crippen molar-refractivity contribution in [3.8, 4) is 0 Å². The van der Waals surface area contributed by atoms with E-state index in [1.54, 1.807) is 0 Å². The van der Waals surface area contributed by atoms with Gasteiger partial charge >= 0.3 is 0 Å². The summed E-state index contributed by atoms with van der Waals surface area (Å²) < 4.78 is 9.50. The molecule has 1 aliphatic heterocycles.